The third-order valence-electron chi connectivity index (χ3n) is 4.66. The van der Waals surface area contributed by atoms with E-state index >= 15 is 0 Å². The molecule has 0 radical (unpaired) electrons. The second-order valence-electron chi connectivity index (χ2n) is 6.37. The molecular formula is C15H24N2S. The summed E-state index contributed by atoms with van der Waals surface area (Å²) in [6.45, 7) is 0. The highest BCUT2D eigenvalue weighted by molar-refractivity contribution is 8.00. The van der Waals surface area contributed by atoms with Crippen molar-refractivity contribution in [2.24, 2.45) is 0 Å². The van der Waals surface area contributed by atoms with Crippen molar-refractivity contribution >= 4 is 11.8 Å². The maximum absolute atomic E-state index is 9.58. The first-order valence-electron chi connectivity index (χ1n) is 7.64. The van der Waals surface area contributed by atoms with Gasteiger partial charge in [-0.05, 0) is 51.4 Å². The number of nitrogens with zero attached hydrogens (tertiary/aromatic N) is 1. The first-order chi connectivity index (χ1) is 8.80. The molecule has 3 saturated carbocycles. The molecule has 2 atom stereocenters. The average Bonchev–Trinajstić information content (AvgIpc) is 3.03. The van der Waals surface area contributed by atoms with E-state index in [1.54, 1.807) is 0 Å². The lowest BCUT2D eigenvalue weighted by Gasteiger charge is -2.37. The summed E-state index contributed by atoms with van der Waals surface area (Å²) in [5.41, 5.74) is -0.185. The fraction of sp³-hybridized carbons (Fsp3) is 0.933. The van der Waals surface area contributed by atoms with Crippen molar-refractivity contribution < 1.29 is 0 Å². The van der Waals surface area contributed by atoms with Crippen molar-refractivity contribution in [1.82, 2.24) is 5.32 Å². The van der Waals surface area contributed by atoms with Crippen LogP contribution in [0.3, 0.4) is 0 Å². The molecule has 0 saturated heterocycles. The summed E-state index contributed by atoms with van der Waals surface area (Å²) in [6.07, 6.45) is 13.0. The maximum atomic E-state index is 9.58. The fourth-order valence-corrected chi connectivity index (χ4v) is 5.35. The molecule has 0 aromatic carbocycles. The Bertz CT molecular complexity index is 328. The van der Waals surface area contributed by atoms with Gasteiger partial charge in [0.15, 0.2) is 0 Å². The van der Waals surface area contributed by atoms with Crippen molar-refractivity contribution in [3.8, 4) is 6.07 Å². The smallest absolute Gasteiger partial charge is 0.108 e. The van der Waals surface area contributed by atoms with Crippen molar-refractivity contribution in [3.05, 3.63) is 0 Å². The Morgan fingerprint density at radius 2 is 1.72 bits per heavy atom. The SMILES string of the molecule is N#CC1(NC2CC2)CCCC(SC2CCCC2)C1. The predicted octanol–water partition coefficient (Wildman–Crippen LogP) is 3.62. The molecule has 3 aliphatic carbocycles. The van der Waals surface area contributed by atoms with E-state index in [9.17, 15) is 5.26 Å². The summed E-state index contributed by atoms with van der Waals surface area (Å²) in [5.74, 6) is 0. The van der Waals surface area contributed by atoms with Crippen LogP contribution in [0.5, 0.6) is 0 Å². The number of nitrogens with one attached hydrogen (secondary N) is 1. The van der Waals surface area contributed by atoms with Gasteiger partial charge in [0, 0.05) is 16.5 Å². The van der Waals surface area contributed by atoms with E-state index < -0.39 is 0 Å². The number of nitriles is 1. The van der Waals surface area contributed by atoms with Crippen molar-refractivity contribution in [3.63, 3.8) is 0 Å². The first kappa shape index (κ1) is 12.8. The quantitative estimate of drug-likeness (QED) is 0.842. The summed E-state index contributed by atoms with van der Waals surface area (Å²) in [4.78, 5) is 0. The Morgan fingerprint density at radius 3 is 2.39 bits per heavy atom. The zero-order valence-electron chi connectivity index (χ0n) is 11.2. The van der Waals surface area contributed by atoms with Crippen LogP contribution in [-0.4, -0.2) is 22.1 Å². The molecule has 1 N–H and O–H groups in total. The number of rotatable bonds is 4. The van der Waals surface area contributed by atoms with Gasteiger partial charge in [-0.25, -0.2) is 0 Å². The Labute approximate surface area is 115 Å². The van der Waals surface area contributed by atoms with E-state index in [1.807, 2.05) is 0 Å². The molecule has 3 aliphatic rings. The molecule has 0 heterocycles. The van der Waals surface area contributed by atoms with E-state index in [0.717, 1.165) is 23.3 Å². The van der Waals surface area contributed by atoms with Crippen LogP contribution in [0.1, 0.15) is 64.2 Å². The van der Waals surface area contributed by atoms with Gasteiger partial charge in [0.05, 0.1) is 6.07 Å². The molecule has 3 rings (SSSR count). The molecule has 2 nitrogen and oxygen atoms in total. The van der Waals surface area contributed by atoms with Gasteiger partial charge in [0.25, 0.3) is 0 Å². The largest absolute Gasteiger partial charge is 0.297 e. The van der Waals surface area contributed by atoms with Gasteiger partial charge >= 0.3 is 0 Å². The third-order valence-corrected chi connectivity index (χ3v) is 6.31. The monoisotopic (exact) mass is 264 g/mol. The first-order valence-corrected chi connectivity index (χ1v) is 8.58. The van der Waals surface area contributed by atoms with Crippen molar-refractivity contribution in [2.75, 3.05) is 0 Å². The van der Waals surface area contributed by atoms with Gasteiger partial charge < -0.3 is 0 Å². The topological polar surface area (TPSA) is 35.8 Å². The zero-order chi connectivity index (χ0) is 12.4. The van der Waals surface area contributed by atoms with E-state index in [2.05, 4.69) is 23.1 Å². The molecule has 3 heteroatoms. The molecule has 0 aromatic rings. The van der Waals surface area contributed by atoms with E-state index in [0.29, 0.717) is 6.04 Å². The number of thioether (sulfide) groups is 1. The van der Waals surface area contributed by atoms with E-state index in [1.165, 1.54) is 51.4 Å². The summed E-state index contributed by atoms with van der Waals surface area (Å²) in [6, 6.07) is 3.27. The highest BCUT2D eigenvalue weighted by Crippen LogP contribution is 2.41. The van der Waals surface area contributed by atoms with Gasteiger partial charge in [-0.15, -0.1) is 0 Å². The zero-order valence-corrected chi connectivity index (χ0v) is 12.0. The molecule has 18 heavy (non-hydrogen) atoms. The number of hydrogen-bond acceptors (Lipinski definition) is 3. The van der Waals surface area contributed by atoms with Crippen LogP contribution in [0.2, 0.25) is 0 Å². The highest BCUT2D eigenvalue weighted by atomic mass is 32.2. The van der Waals surface area contributed by atoms with Crippen LogP contribution in [0.25, 0.3) is 0 Å². The van der Waals surface area contributed by atoms with E-state index in [4.69, 9.17) is 0 Å². The van der Waals surface area contributed by atoms with E-state index in [-0.39, 0.29) is 5.54 Å². The minimum Gasteiger partial charge on any atom is -0.297 e. The van der Waals surface area contributed by atoms with Crippen molar-refractivity contribution in [1.29, 1.82) is 5.26 Å². The average molecular weight is 264 g/mol. The minimum atomic E-state index is -0.185. The minimum absolute atomic E-state index is 0.185. The van der Waals surface area contributed by atoms with Crippen LogP contribution in [0.4, 0.5) is 0 Å². The molecule has 0 amide bonds. The van der Waals surface area contributed by atoms with Crippen LogP contribution >= 0.6 is 11.8 Å². The molecule has 0 aromatic heterocycles. The molecule has 0 aliphatic heterocycles. The lowest BCUT2D eigenvalue weighted by Crippen LogP contribution is -2.49. The molecule has 100 valence electrons. The molecule has 0 bridgehead atoms. The molecule has 2 unspecified atom stereocenters. The molecule has 0 spiro atoms. The summed E-state index contributed by atoms with van der Waals surface area (Å²) < 4.78 is 0. The van der Waals surface area contributed by atoms with Gasteiger partial charge in [0.2, 0.25) is 0 Å². The second kappa shape index (κ2) is 5.43. The normalized spacial score (nSPS) is 37.6. The Balaban J connectivity index is 1.57. The van der Waals surface area contributed by atoms with Crippen molar-refractivity contribution in [2.45, 2.75) is 86.3 Å². The lowest BCUT2D eigenvalue weighted by molar-refractivity contribution is 0.301. The maximum Gasteiger partial charge on any atom is 0.108 e. The van der Waals surface area contributed by atoms with Gasteiger partial charge in [-0.1, -0.05) is 12.8 Å². The van der Waals surface area contributed by atoms with Crippen LogP contribution in [0, 0.1) is 11.3 Å². The molecular weight excluding hydrogens is 240 g/mol. The summed E-state index contributed by atoms with van der Waals surface area (Å²) in [5, 5.41) is 14.8. The fourth-order valence-electron chi connectivity index (χ4n) is 3.52. The second-order valence-corrected chi connectivity index (χ2v) is 7.98. The Morgan fingerprint density at radius 1 is 1.00 bits per heavy atom. The summed E-state index contributed by atoms with van der Waals surface area (Å²) in [7, 11) is 0. The van der Waals surface area contributed by atoms with Crippen LogP contribution in [-0.2, 0) is 0 Å². The lowest BCUT2D eigenvalue weighted by atomic mass is 9.82. The highest BCUT2D eigenvalue weighted by Gasteiger charge is 2.41. The van der Waals surface area contributed by atoms with Crippen LogP contribution in [0.15, 0.2) is 0 Å². The Kier molecular flexibility index (Phi) is 3.86. The van der Waals surface area contributed by atoms with Gasteiger partial charge in [-0.2, -0.15) is 17.0 Å². The molecule has 3 fully saturated rings. The van der Waals surface area contributed by atoms with Crippen LogP contribution < -0.4 is 5.32 Å². The third kappa shape index (κ3) is 3.03. The van der Waals surface area contributed by atoms with Gasteiger partial charge in [-0.3, -0.25) is 5.32 Å². The summed E-state index contributed by atoms with van der Waals surface area (Å²) >= 11 is 2.20. The number of hydrogen-bond donors (Lipinski definition) is 1. The Hall–Kier alpha value is -0.200. The predicted molar refractivity (Wildman–Crippen MR) is 76.6 cm³/mol. The standard InChI is InChI=1S/C15H24N2S/c16-11-15(17-12-7-8-12)9-3-6-14(10-15)18-13-4-1-2-5-13/h12-14,17H,1-10H2. The van der Waals surface area contributed by atoms with Gasteiger partial charge in [0.1, 0.15) is 5.54 Å².